The summed E-state index contributed by atoms with van der Waals surface area (Å²) in [5.74, 6) is 0. The first-order chi connectivity index (χ1) is 8.79. The summed E-state index contributed by atoms with van der Waals surface area (Å²) in [6.07, 6.45) is 0. The standard InChI is InChI=1S/C14H11BrN2S/c15-11-6-3-7-12-13(11)17-14(18-12)10-5-2-1-4-9(10)8-16/h1-7H,8,16H2. The molecule has 0 atom stereocenters. The molecule has 0 amide bonds. The van der Waals surface area contributed by atoms with Gasteiger partial charge in [0.15, 0.2) is 0 Å². The molecule has 90 valence electrons. The second-order valence-electron chi connectivity index (χ2n) is 3.97. The normalized spacial score (nSPS) is 11.0. The zero-order chi connectivity index (χ0) is 12.5. The smallest absolute Gasteiger partial charge is 0.124 e. The molecular weight excluding hydrogens is 308 g/mol. The zero-order valence-corrected chi connectivity index (χ0v) is 12.0. The summed E-state index contributed by atoms with van der Waals surface area (Å²) < 4.78 is 2.22. The van der Waals surface area contributed by atoms with Gasteiger partial charge >= 0.3 is 0 Å². The molecule has 2 aromatic carbocycles. The van der Waals surface area contributed by atoms with Gasteiger partial charge in [0.25, 0.3) is 0 Å². The van der Waals surface area contributed by atoms with Crippen molar-refractivity contribution in [2.45, 2.75) is 6.54 Å². The Labute approximate surface area is 118 Å². The Balaban J connectivity index is 2.23. The lowest BCUT2D eigenvalue weighted by Gasteiger charge is -2.03. The Morgan fingerprint density at radius 3 is 2.72 bits per heavy atom. The van der Waals surface area contributed by atoms with Crippen LogP contribution < -0.4 is 5.73 Å². The van der Waals surface area contributed by atoms with Crippen LogP contribution in [0, 0.1) is 0 Å². The maximum atomic E-state index is 5.78. The van der Waals surface area contributed by atoms with Gasteiger partial charge < -0.3 is 5.73 Å². The molecule has 0 aliphatic rings. The van der Waals surface area contributed by atoms with Crippen molar-refractivity contribution in [3.63, 3.8) is 0 Å². The quantitative estimate of drug-likeness (QED) is 0.769. The van der Waals surface area contributed by atoms with E-state index in [0.29, 0.717) is 6.54 Å². The molecule has 0 radical (unpaired) electrons. The lowest BCUT2D eigenvalue weighted by molar-refractivity contribution is 1.07. The van der Waals surface area contributed by atoms with Crippen molar-refractivity contribution in [2.75, 3.05) is 0 Å². The van der Waals surface area contributed by atoms with Gasteiger partial charge in [-0.1, -0.05) is 30.3 Å². The minimum atomic E-state index is 0.535. The molecule has 2 N–H and O–H groups in total. The average molecular weight is 319 g/mol. The van der Waals surface area contributed by atoms with E-state index in [0.717, 1.165) is 26.1 Å². The van der Waals surface area contributed by atoms with Crippen molar-refractivity contribution in [3.8, 4) is 10.6 Å². The van der Waals surface area contributed by atoms with Crippen LogP contribution in [0.4, 0.5) is 0 Å². The fourth-order valence-electron chi connectivity index (χ4n) is 1.94. The van der Waals surface area contributed by atoms with Crippen LogP contribution in [0.15, 0.2) is 46.9 Å². The number of aromatic nitrogens is 1. The van der Waals surface area contributed by atoms with Gasteiger partial charge in [-0.2, -0.15) is 0 Å². The SMILES string of the molecule is NCc1ccccc1-c1nc2c(Br)cccc2s1. The average Bonchev–Trinajstić information content (AvgIpc) is 2.84. The van der Waals surface area contributed by atoms with E-state index in [-0.39, 0.29) is 0 Å². The van der Waals surface area contributed by atoms with E-state index >= 15 is 0 Å². The van der Waals surface area contributed by atoms with E-state index in [1.54, 1.807) is 11.3 Å². The molecule has 18 heavy (non-hydrogen) atoms. The molecule has 0 saturated heterocycles. The molecule has 3 aromatic rings. The van der Waals surface area contributed by atoms with Crippen LogP contribution in [-0.2, 0) is 6.54 Å². The fraction of sp³-hybridized carbons (Fsp3) is 0.0714. The molecule has 2 nitrogen and oxygen atoms in total. The first-order valence-corrected chi connectivity index (χ1v) is 7.24. The highest BCUT2D eigenvalue weighted by Gasteiger charge is 2.10. The third-order valence-electron chi connectivity index (χ3n) is 2.84. The van der Waals surface area contributed by atoms with Gasteiger partial charge in [0.05, 0.1) is 10.2 Å². The first kappa shape index (κ1) is 11.8. The molecule has 0 saturated carbocycles. The van der Waals surface area contributed by atoms with Crippen molar-refractivity contribution in [1.29, 1.82) is 0 Å². The number of nitrogens with two attached hydrogens (primary N) is 1. The predicted molar refractivity (Wildman–Crippen MR) is 80.6 cm³/mol. The van der Waals surface area contributed by atoms with Gasteiger partial charge in [0.1, 0.15) is 5.01 Å². The summed E-state index contributed by atoms with van der Waals surface area (Å²) in [4.78, 5) is 4.71. The Bertz CT molecular complexity index is 706. The van der Waals surface area contributed by atoms with Crippen molar-refractivity contribution < 1.29 is 0 Å². The fourth-order valence-corrected chi connectivity index (χ4v) is 3.58. The van der Waals surface area contributed by atoms with Gasteiger partial charge in [-0.15, -0.1) is 11.3 Å². The Kier molecular flexibility index (Phi) is 3.16. The Hall–Kier alpha value is -1.23. The maximum Gasteiger partial charge on any atom is 0.124 e. The molecule has 0 spiro atoms. The molecule has 1 heterocycles. The van der Waals surface area contributed by atoms with Crippen molar-refractivity contribution in [1.82, 2.24) is 4.98 Å². The third kappa shape index (κ3) is 1.96. The van der Waals surface area contributed by atoms with Gasteiger partial charge in [-0.05, 0) is 33.6 Å². The highest BCUT2D eigenvalue weighted by molar-refractivity contribution is 9.10. The molecule has 4 heteroatoms. The molecule has 0 bridgehead atoms. The monoisotopic (exact) mass is 318 g/mol. The second kappa shape index (κ2) is 4.80. The van der Waals surface area contributed by atoms with E-state index in [1.165, 1.54) is 4.70 Å². The third-order valence-corrected chi connectivity index (χ3v) is 4.53. The van der Waals surface area contributed by atoms with Crippen LogP contribution in [-0.4, -0.2) is 4.98 Å². The minimum Gasteiger partial charge on any atom is -0.326 e. The number of hydrogen-bond donors (Lipinski definition) is 1. The van der Waals surface area contributed by atoms with Crippen LogP contribution in [0.25, 0.3) is 20.8 Å². The van der Waals surface area contributed by atoms with E-state index in [1.807, 2.05) is 24.3 Å². The molecule has 0 unspecified atom stereocenters. The number of nitrogens with zero attached hydrogens (tertiary/aromatic N) is 1. The van der Waals surface area contributed by atoms with Crippen molar-refractivity contribution >= 4 is 37.5 Å². The van der Waals surface area contributed by atoms with E-state index in [9.17, 15) is 0 Å². The lowest BCUT2D eigenvalue weighted by atomic mass is 10.1. The molecule has 0 aliphatic heterocycles. The molecule has 1 aromatic heterocycles. The highest BCUT2D eigenvalue weighted by Crippen LogP contribution is 2.34. The van der Waals surface area contributed by atoms with E-state index in [4.69, 9.17) is 10.7 Å². The topological polar surface area (TPSA) is 38.9 Å². The van der Waals surface area contributed by atoms with Crippen LogP contribution in [0.2, 0.25) is 0 Å². The zero-order valence-electron chi connectivity index (χ0n) is 9.56. The number of fused-ring (bicyclic) bond motifs is 1. The van der Waals surface area contributed by atoms with Gasteiger partial charge in [-0.25, -0.2) is 4.98 Å². The largest absolute Gasteiger partial charge is 0.326 e. The second-order valence-corrected chi connectivity index (χ2v) is 5.85. The Morgan fingerprint density at radius 2 is 1.94 bits per heavy atom. The van der Waals surface area contributed by atoms with Crippen LogP contribution >= 0.6 is 27.3 Å². The summed E-state index contributed by atoms with van der Waals surface area (Å²) in [5, 5.41) is 1.03. The van der Waals surface area contributed by atoms with E-state index in [2.05, 4.69) is 34.1 Å². The maximum absolute atomic E-state index is 5.78. The summed E-state index contributed by atoms with van der Waals surface area (Å²) >= 11 is 5.24. The van der Waals surface area contributed by atoms with Gasteiger partial charge in [-0.3, -0.25) is 0 Å². The molecule has 0 aliphatic carbocycles. The number of rotatable bonds is 2. The predicted octanol–water partition coefficient (Wildman–Crippen LogP) is 4.18. The van der Waals surface area contributed by atoms with Crippen molar-refractivity contribution in [2.24, 2.45) is 5.73 Å². The molecular formula is C14H11BrN2S. The Morgan fingerprint density at radius 1 is 1.11 bits per heavy atom. The lowest BCUT2D eigenvalue weighted by Crippen LogP contribution is -1.98. The number of para-hydroxylation sites is 1. The summed E-state index contributed by atoms with van der Waals surface area (Å²) in [6.45, 7) is 0.535. The van der Waals surface area contributed by atoms with E-state index < -0.39 is 0 Å². The number of thiazole rings is 1. The van der Waals surface area contributed by atoms with Crippen LogP contribution in [0.5, 0.6) is 0 Å². The van der Waals surface area contributed by atoms with Crippen molar-refractivity contribution in [3.05, 3.63) is 52.5 Å². The summed E-state index contributed by atoms with van der Waals surface area (Å²) in [7, 11) is 0. The summed E-state index contributed by atoms with van der Waals surface area (Å²) in [6, 6.07) is 14.3. The summed E-state index contributed by atoms with van der Waals surface area (Å²) in [5.41, 5.74) is 9.06. The molecule has 3 rings (SSSR count). The van der Waals surface area contributed by atoms with Gasteiger partial charge in [0, 0.05) is 16.6 Å². The number of hydrogen-bond acceptors (Lipinski definition) is 3. The van der Waals surface area contributed by atoms with Gasteiger partial charge in [0.2, 0.25) is 0 Å². The molecule has 0 fully saturated rings. The minimum absolute atomic E-state index is 0.535. The first-order valence-electron chi connectivity index (χ1n) is 5.63. The highest BCUT2D eigenvalue weighted by atomic mass is 79.9. The van der Waals surface area contributed by atoms with Crippen LogP contribution in [0.3, 0.4) is 0 Å². The number of benzene rings is 2. The van der Waals surface area contributed by atoms with Crippen LogP contribution in [0.1, 0.15) is 5.56 Å². The number of halogens is 1.